The highest BCUT2D eigenvalue weighted by Crippen LogP contribution is 2.15. The first-order chi connectivity index (χ1) is 11.5. The van der Waals surface area contributed by atoms with Gasteiger partial charge in [-0.3, -0.25) is 4.79 Å². The van der Waals surface area contributed by atoms with E-state index in [1.807, 2.05) is 13.0 Å². The number of carbonyl (C=O) groups is 2. The molecule has 2 aromatic rings. The number of ketones is 1. The number of rotatable bonds is 6. The van der Waals surface area contributed by atoms with E-state index >= 15 is 0 Å². The zero-order chi connectivity index (χ0) is 17.5. The van der Waals surface area contributed by atoms with Gasteiger partial charge in [-0.1, -0.05) is 0 Å². The van der Waals surface area contributed by atoms with Crippen LogP contribution in [0.3, 0.4) is 0 Å². The Labute approximate surface area is 140 Å². The maximum Gasteiger partial charge on any atom is 0.338 e. The second-order valence-corrected chi connectivity index (χ2v) is 5.06. The Balaban J connectivity index is 2.02. The molecule has 0 spiro atoms. The molecular weight excluding hydrogens is 306 g/mol. The van der Waals surface area contributed by atoms with Crippen molar-refractivity contribution in [3.8, 4) is 11.8 Å². The van der Waals surface area contributed by atoms with Crippen LogP contribution in [0.2, 0.25) is 0 Å². The third-order valence-corrected chi connectivity index (χ3v) is 3.35. The topological polar surface area (TPSA) is 76.4 Å². The van der Waals surface area contributed by atoms with Crippen molar-refractivity contribution in [3.05, 3.63) is 65.2 Å². The summed E-state index contributed by atoms with van der Waals surface area (Å²) in [7, 11) is 0. The highest BCUT2D eigenvalue weighted by atomic mass is 16.5. The minimum atomic E-state index is -0.911. The molecule has 0 N–H and O–H groups in total. The number of esters is 1. The van der Waals surface area contributed by atoms with Crippen molar-refractivity contribution in [1.82, 2.24) is 0 Å². The van der Waals surface area contributed by atoms with Crippen LogP contribution in [0, 0.1) is 11.3 Å². The fourth-order valence-corrected chi connectivity index (χ4v) is 2.08. The van der Waals surface area contributed by atoms with E-state index in [1.54, 1.807) is 24.3 Å². The number of ether oxygens (including phenoxy) is 2. The third kappa shape index (κ3) is 4.20. The molecule has 0 radical (unpaired) electrons. The standard InChI is InChI=1S/C19H17NO4/c1-3-23-17-10-8-15(9-11-17)18(21)13(2)24-19(22)16-6-4-14(12-20)5-7-16/h4-11,13H,3H2,1-2H3/t13-/m0/s1. The predicted molar refractivity (Wildman–Crippen MR) is 88.0 cm³/mol. The van der Waals surface area contributed by atoms with Gasteiger partial charge in [0.2, 0.25) is 5.78 Å². The molecule has 1 atom stereocenters. The first-order valence-electron chi connectivity index (χ1n) is 7.53. The van der Waals surface area contributed by atoms with Crippen LogP contribution in [0.1, 0.15) is 40.1 Å². The lowest BCUT2D eigenvalue weighted by Gasteiger charge is -2.13. The molecule has 0 aliphatic heterocycles. The van der Waals surface area contributed by atoms with E-state index in [1.165, 1.54) is 31.2 Å². The number of Topliss-reactive ketones (excluding diaryl/α,β-unsaturated/α-hetero) is 1. The molecule has 24 heavy (non-hydrogen) atoms. The van der Waals surface area contributed by atoms with Crippen LogP contribution in [-0.4, -0.2) is 24.5 Å². The van der Waals surface area contributed by atoms with Crippen LogP contribution in [0.25, 0.3) is 0 Å². The lowest BCUT2D eigenvalue weighted by Crippen LogP contribution is -2.24. The Morgan fingerprint density at radius 1 is 1.04 bits per heavy atom. The van der Waals surface area contributed by atoms with Gasteiger partial charge in [-0.05, 0) is 62.4 Å². The number of nitriles is 1. The minimum absolute atomic E-state index is 0.292. The summed E-state index contributed by atoms with van der Waals surface area (Å²) in [6.45, 7) is 3.95. The molecule has 0 bridgehead atoms. The zero-order valence-corrected chi connectivity index (χ0v) is 13.5. The van der Waals surface area contributed by atoms with Crippen molar-refractivity contribution in [3.63, 3.8) is 0 Å². The second-order valence-electron chi connectivity index (χ2n) is 5.06. The quantitative estimate of drug-likeness (QED) is 0.601. The number of nitrogens with zero attached hydrogens (tertiary/aromatic N) is 1. The molecule has 122 valence electrons. The summed E-state index contributed by atoms with van der Waals surface area (Å²) in [5.41, 5.74) is 1.18. The van der Waals surface area contributed by atoms with Crippen molar-refractivity contribution >= 4 is 11.8 Å². The van der Waals surface area contributed by atoms with Gasteiger partial charge in [0.25, 0.3) is 0 Å². The highest BCUT2D eigenvalue weighted by Gasteiger charge is 2.20. The predicted octanol–water partition coefficient (Wildman–Crippen LogP) is 3.39. The van der Waals surface area contributed by atoms with Crippen LogP contribution in [0.15, 0.2) is 48.5 Å². The van der Waals surface area contributed by atoms with Gasteiger partial charge in [-0.25, -0.2) is 4.79 Å². The molecule has 0 amide bonds. The summed E-state index contributed by atoms with van der Waals surface area (Å²) in [5.74, 6) is -0.220. The Morgan fingerprint density at radius 2 is 1.62 bits per heavy atom. The molecule has 0 saturated carbocycles. The average Bonchev–Trinajstić information content (AvgIpc) is 2.62. The molecular formula is C19H17NO4. The van der Waals surface area contributed by atoms with Crippen molar-refractivity contribution in [2.24, 2.45) is 0 Å². The van der Waals surface area contributed by atoms with E-state index < -0.39 is 12.1 Å². The van der Waals surface area contributed by atoms with Gasteiger partial charge in [-0.2, -0.15) is 5.26 Å². The molecule has 0 saturated heterocycles. The largest absolute Gasteiger partial charge is 0.494 e. The number of hydrogen-bond acceptors (Lipinski definition) is 5. The van der Waals surface area contributed by atoms with Crippen molar-refractivity contribution in [2.75, 3.05) is 6.61 Å². The summed E-state index contributed by atoms with van der Waals surface area (Å²) in [6.07, 6.45) is -0.911. The molecule has 0 aliphatic carbocycles. The van der Waals surface area contributed by atoms with Gasteiger partial charge in [0.05, 0.1) is 23.8 Å². The number of hydrogen-bond donors (Lipinski definition) is 0. The van der Waals surface area contributed by atoms with Gasteiger partial charge < -0.3 is 9.47 Å². The van der Waals surface area contributed by atoms with E-state index in [4.69, 9.17) is 14.7 Å². The van der Waals surface area contributed by atoms with Crippen LogP contribution in [-0.2, 0) is 4.74 Å². The van der Waals surface area contributed by atoms with E-state index in [2.05, 4.69) is 0 Å². The molecule has 5 nitrogen and oxygen atoms in total. The fraction of sp³-hybridized carbons (Fsp3) is 0.211. The molecule has 0 unspecified atom stereocenters. The lowest BCUT2D eigenvalue weighted by molar-refractivity contribution is 0.0319. The summed E-state index contributed by atoms with van der Waals surface area (Å²) in [4.78, 5) is 24.4. The number of benzene rings is 2. The summed E-state index contributed by atoms with van der Waals surface area (Å²) in [6, 6.07) is 14.7. The monoisotopic (exact) mass is 323 g/mol. The summed E-state index contributed by atoms with van der Waals surface area (Å²) in [5, 5.41) is 8.74. The van der Waals surface area contributed by atoms with Crippen LogP contribution in [0.4, 0.5) is 0 Å². The zero-order valence-electron chi connectivity index (χ0n) is 13.5. The molecule has 0 heterocycles. The molecule has 0 fully saturated rings. The van der Waals surface area contributed by atoms with E-state index in [9.17, 15) is 9.59 Å². The van der Waals surface area contributed by atoms with Gasteiger partial charge in [0.1, 0.15) is 5.75 Å². The smallest absolute Gasteiger partial charge is 0.338 e. The van der Waals surface area contributed by atoms with Gasteiger partial charge in [-0.15, -0.1) is 0 Å². The summed E-state index contributed by atoms with van der Waals surface area (Å²) >= 11 is 0. The summed E-state index contributed by atoms with van der Waals surface area (Å²) < 4.78 is 10.5. The van der Waals surface area contributed by atoms with Crippen molar-refractivity contribution in [1.29, 1.82) is 5.26 Å². The Morgan fingerprint density at radius 3 is 2.17 bits per heavy atom. The molecule has 2 rings (SSSR count). The lowest BCUT2D eigenvalue weighted by atomic mass is 10.1. The van der Waals surface area contributed by atoms with Gasteiger partial charge in [0.15, 0.2) is 6.10 Å². The van der Waals surface area contributed by atoms with Crippen molar-refractivity contribution in [2.45, 2.75) is 20.0 Å². The average molecular weight is 323 g/mol. The minimum Gasteiger partial charge on any atom is -0.494 e. The normalized spacial score (nSPS) is 11.2. The molecule has 0 aromatic heterocycles. The van der Waals surface area contributed by atoms with Crippen LogP contribution < -0.4 is 4.74 Å². The van der Waals surface area contributed by atoms with Crippen LogP contribution in [0.5, 0.6) is 5.75 Å². The molecule has 2 aromatic carbocycles. The Bertz CT molecular complexity index is 757. The van der Waals surface area contributed by atoms with E-state index in [-0.39, 0.29) is 5.78 Å². The molecule has 5 heteroatoms. The second kappa shape index (κ2) is 7.93. The Kier molecular flexibility index (Phi) is 5.69. The van der Waals surface area contributed by atoms with Gasteiger partial charge in [0, 0.05) is 5.56 Å². The first kappa shape index (κ1) is 17.2. The Hall–Kier alpha value is -3.13. The highest BCUT2D eigenvalue weighted by molar-refractivity contribution is 6.01. The van der Waals surface area contributed by atoms with Crippen LogP contribution >= 0.6 is 0 Å². The molecule has 0 aliphatic rings. The number of carbonyl (C=O) groups excluding carboxylic acids is 2. The third-order valence-electron chi connectivity index (χ3n) is 3.35. The maximum atomic E-state index is 12.3. The maximum absolute atomic E-state index is 12.3. The van der Waals surface area contributed by atoms with E-state index in [0.29, 0.717) is 29.0 Å². The first-order valence-corrected chi connectivity index (χ1v) is 7.53. The fourth-order valence-electron chi connectivity index (χ4n) is 2.08. The van der Waals surface area contributed by atoms with E-state index in [0.717, 1.165) is 0 Å². The SMILES string of the molecule is CCOc1ccc(C(=O)[C@H](C)OC(=O)c2ccc(C#N)cc2)cc1. The van der Waals surface area contributed by atoms with Crippen molar-refractivity contribution < 1.29 is 19.1 Å². The van der Waals surface area contributed by atoms with Gasteiger partial charge >= 0.3 is 5.97 Å².